The molecule has 2 unspecified atom stereocenters. The summed E-state index contributed by atoms with van der Waals surface area (Å²) in [5.74, 6) is -2.58. The van der Waals surface area contributed by atoms with Crippen LogP contribution in [0.3, 0.4) is 0 Å². The Morgan fingerprint density at radius 1 is 1.31 bits per heavy atom. The van der Waals surface area contributed by atoms with E-state index < -0.39 is 29.1 Å². The van der Waals surface area contributed by atoms with Crippen LogP contribution in [0.5, 0.6) is 0 Å². The molecule has 2 atom stereocenters. The number of ether oxygens (including phenoxy) is 1. The first kappa shape index (κ1) is 30.4. The highest BCUT2D eigenvalue weighted by molar-refractivity contribution is 7.80. The first-order valence-electron chi connectivity index (χ1n) is 13.7. The Hall–Kier alpha value is -3.06. The molecule has 1 aromatic heterocycles. The third kappa shape index (κ3) is 6.03. The normalized spacial score (nSPS) is 21.3. The molecule has 0 spiro atoms. The molecular weight excluding hydrogens is 601 g/mol. The first-order valence-corrected chi connectivity index (χ1v) is 15.4. The topological polar surface area (TPSA) is 98.2 Å². The van der Waals surface area contributed by atoms with Crippen LogP contribution in [0.15, 0.2) is 47.1 Å². The number of allylic oxidation sites excluding steroid dienone is 1. The molecule has 224 valence electrons. The molecule has 5 rings (SSSR count). The Morgan fingerprint density at radius 3 is 2.79 bits per heavy atom. The standard InChI is InChI=1S/C29H33ClFN5O4S2/c1-4-40-26(37)23-19(18-6-5-7-20(31)24(18)30)12-21(25-32-8-11-42-25)33-22(23)15-34-9-10-36-17(13-34)14-35(28(36)41)16-29(2,3)27(38)39/h5-8,11-12,17,19,33H,4,9-10,13-16H2,1-3H3,(H,38,39). The van der Waals surface area contributed by atoms with Crippen molar-refractivity contribution in [3.8, 4) is 0 Å². The molecule has 3 aliphatic heterocycles. The number of thiocarbonyl (C=S) groups is 1. The Kier molecular flexibility index (Phi) is 8.89. The van der Waals surface area contributed by atoms with Crippen molar-refractivity contribution < 1.29 is 23.8 Å². The van der Waals surface area contributed by atoms with E-state index in [0.29, 0.717) is 66.9 Å². The van der Waals surface area contributed by atoms with Gasteiger partial charge in [-0.15, -0.1) is 11.3 Å². The number of fused-ring (bicyclic) bond motifs is 1. The fourth-order valence-corrected chi connectivity index (χ4v) is 6.91. The summed E-state index contributed by atoms with van der Waals surface area (Å²) in [6.07, 6.45) is 3.56. The van der Waals surface area contributed by atoms with Crippen LogP contribution in [0.1, 0.15) is 37.3 Å². The van der Waals surface area contributed by atoms with Crippen LogP contribution in [0.4, 0.5) is 4.39 Å². The number of carbonyl (C=O) groups excluding carboxylic acids is 1. The number of benzene rings is 1. The van der Waals surface area contributed by atoms with Crippen LogP contribution < -0.4 is 5.32 Å². The number of nitrogens with one attached hydrogen (secondary N) is 1. The fourth-order valence-electron chi connectivity index (χ4n) is 5.67. The van der Waals surface area contributed by atoms with Gasteiger partial charge in [0, 0.05) is 62.5 Å². The van der Waals surface area contributed by atoms with Crippen molar-refractivity contribution in [1.29, 1.82) is 0 Å². The van der Waals surface area contributed by atoms with Gasteiger partial charge in [0.05, 0.1) is 34.4 Å². The van der Waals surface area contributed by atoms with Gasteiger partial charge < -0.3 is 25.0 Å². The molecule has 2 saturated heterocycles. The van der Waals surface area contributed by atoms with E-state index in [1.807, 2.05) is 16.4 Å². The smallest absolute Gasteiger partial charge is 0.336 e. The lowest BCUT2D eigenvalue weighted by Crippen LogP contribution is -2.53. The first-order chi connectivity index (χ1) is 20.0. The number of carboxylic acid groups (broad SMARTS) is 1. The molecule has 1 aromatic carbocycles. The van der Waals surface area contributed by atoms with E-state index in [4.69, 9.17) is 28.6 Å². The molecule has 42 heavy (non-hydrogen) atoms. The third-order valence-corrected chi connectivity index (χ3v) is 9.49. The number of rotatable bonds is 9. The summed E-state index contributed by atoms with van der Waals surface area (Å²) >= 11 is 13.6. The number of dihydropyridines is 1. The zero-order valence-corrected chi connectivity index (χ0v) is 26.0. The number of hydrogen-bond acceptors (Lipinski definition) is 8. The lowest BCUT2D eigenvalue weighted by atomic mass is 9.86. The highest BCUT2D eigenvalue weighted by Gasteiger charge is 2.42. The van der Waals surface area contributed by atoms with Gasteiger partial charge in [0.25, 0.3) is 0 Å². The molecular formula is C29H33ClFN5O4S2. The van der Waals surface area contributed by atoms with Gasteiger partial charge in [-0.05, 0) is 50.7 Å². The van der Waals surface area contributed by atoms with Crippen molar-refractivity contribution in [2.24, 2.45) is 5.41 Å². The van der Waals surface area contributed by atoms with Gasteiger partial charge in [0.15, 0.2) is 5.11 Å². The van der Waals surface area contributed by atoms with E-state index in [-0.39, 0.29) is 17.7 Å². The predicted molar refractivity (Wildman–Crippen MR) is 164 cm³/mol. The van der Waals surface area contributed by atoms with E-state index >= 15 is 0 Å². The Bertz CT molecular complexity index is 1450. The monoisotopic (exact) mass is 633 g/mol. The highest BCUT2D eigenvalue weighted by atomic mass is 35.5. The summed E-state index contributed by atoms with van der Waals surface area (Å²) in [5, 5.41) is 16.3. The number of thiazole rings is 1. The molecule has 2 aromatic rings. The van der Waals surface area contributed by atoms with Crippen molar-refractivity contribution in [2.45, 2.75) is 32.7 Å². The molecule has 0 saturated carbocycles. The SMILES string of the molecule is CCOC(=O)C1=C(CN2CCN3C(=S)N(CC(C)(C)C(=O)O)CC3C2)NC(c2nccs2)=CC1c1cccc(F)c1Cl. The molecule has 13 heteroatoms. The fraction of sp³-hybridized carbons (Fsp3) is 0.448. The molecule has 0 aliphatic carbocycles. The summed E-state index contributed by atoms with van der Waals surface area (Å²) in [6.45, 7) is 8.69. The van der Waals surface area contributed by atoms with Crippen LogP contribution in [-0.2, 0) is 14.3 Å². The lowest BCUT2D eigenvalue weighted by molar-refractivity contribution is -0.147. The maximum absolute atomic E-state index is 14.6. The van der Waals surface area contributed by atoms with Crippen molar-refractivity contribution in [3.63, 3.8) is 0 Å². The number of halogens is 2. The number of aliphatic carboxylic acids is 1. The lowest BCUT2D eigenvalue weighted by Gasteiger charge is -2.39. The van der Waals surface area contributed by atoms with Gasteiger partial charge >= 0.3 is 11.9 Å². The van der Waals surface area contributed by atoms with Crippen molar-refractivity contribution in [3.05, 3.63) is 68.5 Å². The van der Waals surface area contributed by atoms with Gasteiger partial charge in [-0.3, -0.25) is 9.69 Å². The van der Waals surface area contributed by atoms with Crippen LogP contribution >= 0.6 is 35.2 Å². The van der Waals surface area contributed by atoms with Gasteiger partial charge in [0.2, 0.25) is 0 Å². The minimum absolute atomic E-state index is 0.0438. The predicted octanol–water partition coefficient (Wildman–Crippen LogP) is 4.18. The van der Waals surface area contributed by atoms with Crippen molar-refractivity contribution in [2.75, 3.05) is 45.9 Å². The van der Waals surface area contributed by atoms with E-state index in [1.54, 1.807) is 39.1 Å². The van der Waals surface area contributed by atoms with E-state index in [9.17, 15) is 19.1 Å². The van der Waals surface area contributed by atoms with E-state index in [1.165, 1.54) is 17.4 Å². The zero-order chi connectivity index (χ0) is 30.2. The molecule has 9 nitrogen and oxygen atoms in total. The molecule has 0 radical (unpaired) electrons. The van der Waals surface area contributed by atoms with Crippen molar-refractivity contribution >= 4 is 57.9 Å². The number of nitrogens with zero attached hydrogens (tertiary/aromatic N) is 4. The number of carbonyl (C=O) groups is 2. The molecule has 2 fully saturated rings. The largest absolute Gasteiger partial charge is 0.481 e. The maximum atomic E-state index is 14.6. The average molecular weight is 634 g/mol. The summed E-state index contributed by atoms with van der Waals surface area (Å²) in [5.41, 5.74) is 1.26. The van der Waals surface area contributed by atoms with E-state index in [2.05, 4.69) is 20.1 Å². The molecule has 2 N–H and O–H groups in total. The number of carboxylic acids is 1. The van der Waals surface area contributed by atoms with E-state index in [0.717, 1.165) is 5.01 Å². The minimum Gasteiger partial charge on any atom is -0.481 e. The summed E-state index contributed by atoms with van der Waals surface area (Å²) in [6, 6.07) is 4.67. The number of esters is 1. The molecule has 3 aliphatic rings. The maximum Gasteiger partial charge on any atom is 0.336 e. The second-order valence-electron chi connectivity index (χ2n) is 11.2. The van der Waals surface area contributed by atoms with Gasteiger partial charge in [-0.25, -0.2) is 14.2 Å². The van der Waals surface area contributed by atoms with Crippen molar-refractivity contribution in [1.82, 2.24) is 25.0 Å². The van der Waals surface area contributed by atoms with Gasteiger partial charge in [-0.2, -0.15) is 0 Å². The summed E-state index contributed by atoms with van der Waals surface area (Å²) < 4.78 is 20.1. The molecule has 4 heterocycles. The van der Waals surface area contributed by atoms with Crippen LogP contribution in [0.25, 0.3) is 5.70 Å². The van der Waals surface area contributed by atoms with Crippen LogP contribution in [0, 0.1) is 11.2 Å². The minimum atomic E-state index is -0.935. The van der Waals surface area contributed by atoms with Gasteiger partial charge in [-0.1, -0.05) is 23.7 Å². The quantitative estimate of drug-likeness (QED) is 0.309. The number of hydrogen-bond donors (Lipinski definition) is 2. The summed E-state index contributed by atoms with van der Waals surface area (Å²) in [7, 11) is 0. The van der Waals surface area contributed by atoms with Gasteiger partial charge in [0.1, 0.15) is 10.8 Å². The Labute approximate surface area is 258 Å². The number of piperazine rings is 1. The Balaban J connectivity index is 1.45. The van der Waals surface area contributed by atoms with Crippen LogP contribution in [-0.4, -0.2) is 93.8 Å². The third-order valence-electron chi connectivity index (χ3n) is 7.79. The average Bonchev–Trinajstić information content (AvgIpc) is 3.58. The second-order valence-corrected chi connectivity index (χ2v) is 12.8. The van der Waals surface area contributed by atoms with Crippen LogP contribution in [0.2, 0.25) is 5.02 Å². The highest BCUT2D eigenvalue weighted by Crippen LogP contribution is 2.40. The Morgan fingerprint density at radius 2 is 2.10 bits per heavy atom. The summed E-state index contributed by atoms with van der Waals surface area (Å²) in [4.78, 5) is 36.1. The zero-order valence-electron chi connectivity index (χ0n) is 23.6. The number of aromatic nitrogens is 1. The molecule has 0 amide bonds. The molecule has 0 bridgehead atoms. The second kappa shape index (κ2) is 12.3.